The van der Waals surface area contributed by atoms with Crippen molar-refractivity contribution in [1.29, 1.82) is 0 Å². The van der Waals surface area contributed by atoms with Gasteiger partial charge in [0.1, 0.15) is 0 Å². The van der Waals surface area contributed by atoms with Crippen LogP contribution < -0.4 is 9.80 Å². The van der Waals surface area contributed by atoms with Crippen LogP contribution in [0.25, 0.3) is 0 Å². The summed E-state index contributed by atoms with van der Waals surface area (Å²) in [6.45, 7) is 10.5. The topological polar surface area (TPSA) is 19.0 Å². The van der Waals surface area contributed by atoms with Crippen molar-refractivity contribution in [3.8, 4) is 0 Å². The lowest BCUT2D eigenvalue weighted by atomic mass is 9.68. The van der Waals surface area contributed by atoms with Gasteiger partial charge in [-0.1, -0.05) is 12.8 Å². The Bertz CT molecular complexity index is 811. The molecule has 3 saturated heterocycles. The minimum absolute atomic E-state index is 0. The highest BCUT2D eigenvalue weighted by molar-refractivity contribution is 5.85. The van der Waals surface area contributed by atoms with Crippen LogP contribution in [0.15, 0.2) is 18.2 Å². The van der Waals surface area contributed by atoms with E-state index in [4.69, 9.17) is 4.74 Å². The number of piperazine rings is 1. The molecule has 5 fully saturated rings. The Balaban J connectivity index is 0.00000267. The van der Waals surface area contributed by atoms with E-state index in [1.54, 1.807) is 11.3 Å². The summed E-state index contributed by atoms with van der Waals surface area (Å²) in [6, 6.07) is 7.62. The Hall–Kier alpha value is -0.970. The first kappa shape index (κ1) is 26.6. The highest BCUT2D eigenvalue weighted by Crippen LogP contribution is 2.53. The Morgan fingerprint density at radius 3 is 2.11 bits per heavy atom. The van der Waals surface area contributed by atoms with Gasteiger partial charge in [0.2, 0.25) is 0 Å². The van der Waals surface area contributed by atoms with Crippen LogP contribution in [-0.4, -0.2) is 63.9 Å². The average Bonchev–Trinajstić information content (AvgIpc) is 3.38. The van der Waals surface area contributed by atoms with Crippen LogP contribution in [0.4, 0.5) is 11.4 Å². The smallest absolute Gasteiger partial charge is 0.0469 e. The molecule has 1 spiro atoms. The molecule has 36 heavy (non-hydrogen) atoms. The second-order valence-corrected chi connectivity index (χ2v) is 12.6. The molecule has 5 aliphatic rings. The number of hydrogen-bond acceptors (Lipinski definition) is 4. The van der Waals surface area contributed by atoms with E-state index < -0.39 is 0 Å². The van der Waals surface area contributed by atoms with Crippen molar-refractivity contribution in [2.45, 2.75) is 89.4 Å². The van der Waals surface area contributed by atoms with Crippen LogP contribution in [-0.2, 0) is 4.74 Å². The molecule has 1 aromatic carbocycles. The summed E-state index contributed by atoms with van der Waals surface area (Å²) in [7, 11) is 0. The number of halogens is 1. The van der Waals surface area contributed by atoms with Crippen molar-refractivity contribution < 1.29 is 4.74 Å². The van der Waals surface area contributed by atoms with Crippen LogP contribution in [0.5, 0.6) is 0 Å². The molecule has 202 valence electrons. The average molecular weight is 516 g/mol. The lowest BCUT2D eigenvalue weighted by Crippen LogP contribution is -2.48. The van der Waals surface area contributed by atoms with Gasteiger partial charge in [-0.2, -0.15) is 0 Å². The summed E-state index contributed by atoms with van der Waals surface area (Å²) in [5.74, 6) is 1.61. The minimum atomic E-state index is 0. The second kappa shape index (κ2) is 12.3. The number of nitrogens with zero attached hydrogens (tertiary/aromatic N) is 3. The molecule has 3 heterocycles. The molecule has 2 saturated carbocycles. The summed E-state index contributed by atoms with van der Waals surface area (Å²) < 4.78 is 5.59. The monoisotopic (exact) mass is 515 g/mol. The highest BCUT2D eigenvalue weighted by atomic mass is 35.5. The second-order valence-electron chi connectivity index (χ2n) is 12.6. The van der Waals surface area contributed by atoms with E-state index in [9.17, 15) is 0 Å². The van der Waals surface area contributed by atoms with Gasteiger partial charge in [0.15, 0.2) is 0 Å². The van der Waals surface area contributed by atoms with Crippen molar-refractivity contribution in [2.24, 2.45) is 11.3 Å². The van der Waals surface area contributed by atoms with Crippen molar-refractivity contribution >= 4 is 23.8 Å². The van der Waals surface area contributed by atoms with Gasteiger partial charge in [-0.3, -0.25) is 4.90 Å². The maximum absolute atomic E-state index is 5.59. The van der Waals surface area contributed by atoms with E-state index >= 15 is 0 Å². The number of ether oxygens (including phenoxy) is 1. The van der Waals surface area contributed by atoms with E-state index in [1.807, 2.05) is 0 Å². The fourth-order valence-corrected chi connectivity index (χ4v) is 8.14. The highest BCUT2D eigenvalue weighted by Gasteiger charge is 2.38. The molecule has 0 aromatic heterocycles. The van der Waals surface area contributed by atoms with Gasteiger partial charge in [-0.25, -0.2) is 0 Å². The Morgan fingerprint density at radius 2 is 1.42 bits per heavy atom. The Labute approximate surface area is 226 Å². The standard InChI is InChI=1S/C31H49N3O.ClH/c1-4-16-33(17-5-1)28-6-7-30(29(24-28)27-8-14-31(15-9-27)12-2-3-13-31)34-20-18-32(19-21-34)25-26-10-22-35-23-11-26;/h6-7,24,26-27H,1-5,8-23,25H2;1H. The Kier molecular flexibility index (Phi) is 9.07. The number of benzene rings is 1. The van der Waals surface area contributed by atoms with E-state index in [0.717, 1.165) is 30.5 Å². The molecule has 0 N–H and O–H groups in total. The van der Waals surface area contributed by atoms with Gasteiger partial charge in [-0.05, 0) is 112 Å². The third kappa shape index (κ3) is 6.02. The largest absolute Gasteiger partial charge is 0.381 e. The van der Waals surface area contributed by atoms with Crippen molar-refractivity contribution in [1.82, 2.24) is 4.90 Å². The van der Waals surface area contributed by atoms with E-state index in [1.165, 1.54) is 135 Å². The third-order valence-electron chi connectivity index (χ3n) is 10.5. The van der Waals surface area contributed by atoms with Crippen molar-refractivity contribution in [3.63, 3.8) is 0 Å². The summed E-state index contributed by atoms with van der Waals surface area (Å²) in [5, 5.41) is 0. The third-order valence-corrected chi connectivity index (χ3v) is 10.5. The summed E-state index contributed by atoms with van der Waals surface area (Å²) >= 11 is 0. The molecule has 1 aromatic rings. The van der Waals surface area contributed by atoms with Crippen LogP contribution in [0.3, 0.4) is 0 Å². The van der Waals surface area contributed by atoms with Crippen LogP contribution >= 0.6 is 12.4 Å². The van der Waals surface area contributed by atoms with Crippen molar-refractivity contribution in [2.75, 3.05) is 68.8 Å². The van der Waals surface area contributed by atoms with Crippen LogP contribution in [0, 0.1) is 11.3 Å². The predicted molar refractivity (Wildman–Crippen MR) is 154 cm³/mol. The zero-order valence-electron chi connectivity index (χ0n) is 22.6. The van der Waals surface area contributed by atoms with Gasteiger partial charge in [-0.15, -0.1) is 12.4 Å². The number of rotatable bonds is 5. The number of anilines is 2. The molecular formula is C31H50ClN3O. The maximum atomic E-state index is 5.59. The van der Waals surface area contributed by atoms with Crippen molar-refractivity contribution in [3.05, 3.63) is 23.8 Å². The summed E-state index contributed by atoms with van der Waals surface area (Å²) in [4.78, 5) is 8.15. The van der Waals surface area contributed by atoms with Crippen LogP contribution in [0.1, 0.15) is 95.0 Å². The SMILES string of the molecule is Cl.c1cc(N2CCN(CC3CCOCC3)CC2)c(C2CCC3(CCCC3)CC2)cc1N1CCCCC1. The molecule has 6 rings (SSSR count). The quantitative estimate of drug-likeness (QED) is 0.426. The number of hydrogen-bond donors (Lipinski definition) is 0. The van der Waals surface area contributed by atoms with E-state index in [2.05, 4.69) is 32.9 Å². The predicted octanol–water partition coefficient (Wildman–Crippen LogP) is 6.87. The molecule has 0 atom stereocenters. The number of piperidine rings is 1. The molecule has 0 unspecified atom stereocenters. The lowest BCUT2D eigenvalue weighted by molar-refractivity contribution is 0.0517. The zero-order valence-corrected chi connectivity index (χ0v) is 23.4. The lowest BCUT2D eigenvalue weighted by Gasteiger charge is -2.42. The molecule has 5 heteroatoms. The molecule has 0 bridgehead atoms. The fraction of sp³-hybridized carbons (Fsp3) is 0.806. The van der Waals surface area contributed by atoms with E-state index in [0.29, 0.717) is 0 Å². The van der Waals surface area contributed by atoms with E-state index in [-0.39, 0.29) is 12.4 Å². The molecule has 4 nitrogen and oxygen atoms in total. The van der Waals surface area contributed by atoms with Gasteiger partial charge in [0.25, 0.3) is 0 Å². The molecular weight excluding hydrogens is 466 g/mol. The molecule has 3 aliphatic heterocycles. The van der Waals surface area contributed by atoms with Gasteiger partial charge < -0.3 is 14.5 Å². The normalized spacial score (nSPS) is 26.3. The van der Waals surface area contributed by atoms with Gasteiger partial charge in [0, 0.05) is 70.4 Å². The zero-order chi connectivity index (χ0) is 23.5. The molecule has 0 radical (unpaired) electrons. The Morgan fingerprint density at radius 1 is 0.722 bits per heavy atom. The summed E-state index contributed by atoms with van der Waals surface area (Å²) in [6.07, 6.45) is 18.4. The van der Waals surface area contributed by atoms with Crippen LogP contribution in [0.2, 0.25) is 0 Å². The first-order chi connectivity index (χ1) is 17.3. The first-order valence-corrected chi connectivity index (χ1v) is 15.2. The maximum Gasteiger partial charge on any atom is 0.0469 e. The van der Waals surface area contributed by atoms with Gasteiger partial charge >= 0.3 is 0 Å². The summed E-state index contributed by atoms with van der Waals surface area (Å²) in [5.41, 5.74) is 5.49. The molecule has 0 amide bonds. The molecule has 2 aliphatic carbocycles. The fourth-order valence-electron chi connectivity index (χ4n) is 8.14. The first-order valence-electron chi connectivity index (χ1n) is 15.2. The minimum Gasteiger partial charge on any atom is -0.381 e. The van der Waals surface area contributed by atoms with Gasteiger partial charge in [0.05, 0.1) is 0 Å².